The van der Waals surface area contributed by atoms with Crippen molar-refractivity contribution in [2.75, 3.05) is 33.3 Å². The molecule has 1 fully saturated rings. The Morgan fingerprint density at radius 1 is 1.47 bits per heavy atom. The highest BCUT2D eigenvalue weighted by Crippen LogP contribution is 2.29. The average molecular weight is 348 g/mol. The van der Waals surface area contributed by atoms with Crippen LogP contribution >= 0.6 is 27.5 Å². The quantitative estimate of drug-likeness (QED) is 0.851. The molecule has 1 atom stereocenters. The molecule has 1 unspecified atom stereocenters. The predicted octanol–water partition coefficient (Wildman–Crippen LogP) is 2.22. The highest BCUT2D eigenvalue weighted by atomic mass is 79.9. The van der Waals surface area contributed by atoms with Crippen LogP contribution in [0.5, 0.6) is 0 Å². The minimum atomic E-state index is -0.374. The summed E-state index contributed by atoms with van der Waals surface area (Å²) in [7, 11) is 1.42. The third-order valence-electron chi connectivity index (χ3n) is 3.20. The van der Waals surface area contributed by atoms with E-state index in [4.69, 9.17) is 16.3 Å². The van der Waals surface area contributed by atoms with E-state index in [-0.39, 0.29) is 12.0 Å². The second-order valence-corrected chi connectivity index (χ2v) is 5.65. The van der Waals surface area contributed by atoms with Gasteiger partial charge in [0, 0.05) is 30.7 Å². The molecule has 2 rings (SSSR count). The number of carbonyl (C=O) groups is 1. The van der Waals surface area contributed by atoms with Gasteiger partial charge in [0.1, 0.15) is 6.04 Å². The van der Waals surface area contributed by atoms with Gasteiger partial charge in [-0.05, 0) is 33.6 Å². The average Bonchev–Trinajstić information content (AvgIpc) is 2.44. The third kappa shape index (κ3) is 3.48. The summed E-state index contributed by atoms with van der Waals surface area (Å²) in [4.78, 5) is 14.2. The molecular formula is C13H16BrClN2O2. The summed E-state index contributed by atoms with van der Waals surface area (Å²) >= 11 is 9.39. The number of carbonyl (C=O) groups excluding carboxylic acids is 1. The molecule has 1 aromatic carbocycles. The number of nitrogens with zero attached hydrogens (tertiary/aromatic N) is 1. The highest BCUT2D eigenvalue weighted by Gasteiger charge is 2.29. The van der Waals surface area contributed by atoms with Gasteiger partial charge in [-0.2, -0.15) is 0 Å². The van der Waals surface area contributed by atoms with E-state index in [0.717, 1.165) is 36.2 Å². The molecule has 1 N–H and O–H groups in total. The number of hydrogen-bond donors (Lipinski definition) is 1. The van der Waals surface area contributed by atoms with Crippen molar-refractivity contribution in [1.82, 2.24) is 10.2 Å². The van der Waals surface area contributed by atoms with Gasteiger partial charge in [-0.25, -0.2) is 4.79 Å². The largest absolute Gasteiger partial charge is 0.468 e. The molecule has 1 aliphatic rings. The van der Waals surface area contributed by atoms with Crippen LogP contribution < -0.4 is 5.32 Å². The molecule has 1 saturated heterocycles. The monoisotopic (exact) mass is 346 g/mol. The molecule has 0 amide bonds. The first-order chi connectivity index (χ1) is 9.13. The number of rotatable bonds is 3. The first-order valence-corrected chi connectivity index (χ1v) is 7.28. The van der Waals surface area contributed by atoms with Gasteiger partial charge in [0.2, 0.25) is 0 Å². The van der Waals surface area contributed by atoms with E-state index >= 15 is 0 Å². The number of methoxy groups -OCH3 is 1. The third-order valence-corrected chi connectivity index (χ3v) is 4.41. The van der Waals surface area contributed by atoms with Crippen molar-refractivity contribution in [2.24, 2.45) is 0 Å². The summed E-state index contributed by atoms with van der Waals surface area (Å²) in [5.41, 5.74) is 0.894. The maximum absolute atomic E-state index is 12.1. The molecule has 0 aliphatic carbocycles. The Bertz CT molecular complexity index is 464. The lowest BCUT2D eigenvalue weighted by Gasteiger charge is -2.33. The zero-order valence-electron chi connectivity index (χ0n) is 10.7. The molecule has 0 aromatic heterocycles. The van der Waals surface area contributed by atoms with Gasteiger partial charge in [0.15, 0.2) is 0 Å². The van der Waals surface area contributed by atoms with Crippen molar-refractivity contribution in [2.45, 2.75) is 6.04 Å². The number of piperazine rings is 1. The first-order valence-electron chi connectivity index (χ1n) is 6.11. The van der Waals surface area contributed by atoms with Crippen LogP contribution in [-0.2, 0) is 9.53 Å². The van der Waals surface area contributed by atoms with Crippen LogP contribution in [0.4, 0.5) is 0 Å². The van der Waals surface area contributed by atoms with Crippen LogP contribution in [0.1, 0.15) is 11.6 Å². The smallest absolute Gasteiger partial charge is 0.327 e. The van der Waals surface area contributed by atoms with Crippen LogP contribution in [0, 0.1) is 0 Å². The lowest BCUT2D eigenvalue weighted by molar-refractivity contribution is -0.147. The standard InChI is InChI=1S/C13H16BrClN2O2/c1-19-13(18)12(17-6-4-16-5-7-17)9-2-3-11(15)10(14)8-9/h2-3,8,12,16H,4-7H2,1H3. The van der Waals surface area contributed by atoms with Crippen LogP contribution in [0.3, 0.4) is 0 Å². The van der Waals surface area contributed by atoms with Gasteiger partial charge in [0.05, 0.1) is 12.1 Å². The lowest BCUT2D eigenvalue weighted by atomic mass is 10.0. The summed E-state index contributed by atoms with van der Waals surface area (Å²) in [6, 6.07) is 5.17. The minimum Gasteiger partial charge on any atom is -0.468 e. The highest BCUT2D eigenvalue weighted by molar-refractivity contribution is 9.10. The fourth-order valence-electron chi connectivity index (χ4n) is 2.23. The van der Waals surface area contributed by atoms with Crippen molar-refractivity contribution in [3.63, 3.8) is 0 Å². The maximum atomic E-state index is 12.1. The molecule has 1 aliphatic heterocycles. The van der Waals surface area contributed by atoms with Crippen molar-refractivity contribution in [3.05, 3.63) is 33.3 Å². The number of benzene rings is 1. The zero-order valence-corrected chi connectivity index (χ0v) is 13.0. The molecule has 0 saturated carbocycles. The molecule has 19 heavy (non-hydrogen) atoms. The Balaban J connectivity index is 2.30. The topological polar surface area (TPSA) is 41.6 Å². The SMILES string of the molecule is COC(=O)C(c1ccc(Cl)c(Br)c1)N1CCNCC1. The lowest BCUT2D eigenvalue weighted by Crippen LogP contribution is -2.47. The van der Waals surface area contributed by atoms with E-state index in [1.165, 1.54) is 7.11 Å². The molecule has 6 heteroatoms. The van der Waals surface area contributed by atoms with Crippen LogP contribution in [0.2, 0.25) is 5.02 Å². The van der Waals surface area contributed by atoms with E-state index in [1.54, 1.807) is 6.07 Å². The molecule has 104 valence electrons. The van der Waals surface area contributed by atoms with E-state index in [9.17, 15) is 4.79 Å². The second-order valence-electron chi connectivity index (χ2n) is 4.39. The molecule has 0 radical (unpaired) electrons. The Morgan fingerprint density at radius 2 is 2.16 bits per heavy atom. The fourth-order valence-corrected chi connectivity index (χ4v) is 2.74. The van der Waals surface area contributed by atoms with Crippen molar-refractivity contribution in [3.8, 4) is 0 Å². The fraction of sp³-hybridized carbons (Fsp3) is 0.462. The van der Waals surface area contributed by atoms with Crippen molar-refractivity contribution in [1.29, 1.82) is 0 Å². The van der Waals surface area contributed by atoms with Crippen LogP contribution in [0.15, 0.2) is 22.7 Å². The van der Waals surface area contributed by atoms with E-state index < -0.39 is 0 Å². The molecule has 1 aromatic rings. The number of esters is 1. The number of nitrogens with one attached hydrogen (secondary N) is 1. The van der Waals surface area contributed by atoms with Gasteiger partial charge in [-0.1, -0.05) is 17.7 Å². The minimum absolute atomic E-state index is 0.240. The number of hydrogen-bond acceptors (Lipinski definition) is 4. The Kier molecular flexibility index (Phi) is 5.21. The van der Waals surface area contributed by atoms with Crippen LogP contribution in [-0.4, -0.2) is 44.2 Å². The number of ether oxygens (including phenoxy) is 1. The molecular weight excluding hydrogens is 332 g/mol. The predicted molar refractivity (Wildman–Crippen MR) is 78.4 cm³/mol. The van der Waals surface area contributed by atoms with Gasteiger partial charge in [-0.15, -0.1) is 0 Å². The van der Waals surface area contributed by atoms with Crippen LogP contribution in [0.25, 0.3) is 0 Å². The van der Waals surface area contributed by atoms with Crippen molar-refractivity contribution >= 4 is 33.5 Å². The van der Waals surface area contributed by atoms with Gasteiger partial charge in [-0.3, -0.25) is 4.90 Å². The normalized spacial score (nSPS) is 18.1. The summed E-state index contributed by atoms with van der Waals surface area (Å²) < 4.78 is 5.73. The summed E-state index contributed by atoms with van der Waals surface area (Å²) in [5, 5.41) is 3.91. The summed E-state index contributed by atoms with van der Waals surface area (Å²) in [6.07, 6.45) is 0. The molecule has 4 nitrogen and oxygen atoms in total. The summed E-state index contributed by atoms with van der Waals surface area (Å²) in [6.45, 7) is 3.39. The number of halogens is 2. The van der Waals surface area contributed by atoms with Gasteiger partial charge < -0.3 is 10.1 Å². The second kappa shape index (κ2) is 6.70. The van der Waals surface area contributed by atoms with E-state index in [1.807, 2.05) is 12.1 Å². The maximum Gasteiger partial charge on any atom is 0.327 e. The van der Waals surface area contributed by atoms with E-state index in [2.05, 4.69) is 26.1 Å². The zero-order chi connectivity index (χ0) is 13.8. The Labute approximate surface area is 126 Å². The summed E-state index contributed by atoms with van der Waals surface area (Å²) in [5.74, 6) is -0.240. The Morgan fingerprint density at radius 3 is 2.74 bits per heavy atom. The first kappa shape index (κ1) is 14.8. The molecule has 0 spiro atoms. The molecule has 0 bridgehead atoms. The Hall–Kier alpha value is -0.620. The van der Waals surface area contributed by atoms with Crippen molar-refractivity contribution < 1.29 is 9.53 Å². The van der Waals surface area contributed by atoms with E-state index in [0.29, 0.717) is 5.02 Å². The van der Waals surface area contributed by atoms with Gasteiger partial charge >= 0.3 is 5.97 Å². The van der Waals surface area contributed by atoms with Gasteiger partial charge in [0.25, 0.3) is 0 Å². The molecule has 1 heterocycles.